The van der Waals surface area contributed by atoms with E-state index in [1.807, 2.05) is 38.1 Å². The van der Waals surface area contributed by atoms with Crippen molar-refractivity contribution in [3.63, 3.8) is 0 Å². The van der Waals surface area contributed by atoms with Gasteiger partial charge in [0.2, 0.25) is 11.8 Å². The molecule has 0 heterocycles. The molecule has 1 N–H and O–H groups in total. The van der Waals surface area contributed by atoms with Gasteiger partial charge in [-0.1, -0.05) is 44.0 Å². The van der Waals surface area contributed by atoms with Gasteiger partial charge in [-0.25, -0.2) is 12.8 Å². The van der Waals surface area contributed by atoms with Crippen LogP contribution in [0.3, 0.4) is 0 Å². The molecule has 2 amide bonds. The second kappa shape index (κ2) is 14.6. The number of nitrogens with one attached hydrogen (secondary N) is 1. The van der Waals surface area contributed by atoms with Crippen molar-refractivity contribution < 1.29 is 31.9 Å². The third kappa shape index (κ3) is 7.50. The highest BCUT2D eigenvalue weighted by atomic mass is 32.2. The largest absolute Gasteiger partial charge is 0.493 e. The number of hydrogen-bond donors (Lipinski definition) is 1. The third-order valence-electron chi connectivity index (χ3n) is 8.03. The Hall–Kier alpha value is -4.12. The summed E-state index contributed by atoms with van der Waals surface area (Å²) in [5.41, 5.74) is 1.86. The van der Waals surface area contributed by atoms with Gasteiger partial charge in [0.25, 0.3) is 10.0 Å². The summed E-state index contributed by atoms with van der Waals surface area (Å²) in [5, 5.41) is 3.10. The number of sulfonamides is 1. The number of halogens is 1. The first-order chi connectivity index (χ1) is 21.1. The van der Waals surface area contributed by atoms with Gasteiger partial charge in [0.15, 0.2) is 11.5 Å². The fourth-order valence-electron chi connectivity index (χ4n) is 5.50. The van der Waals surface area contributed by atoms with Gasteiger partial charge in [-0.15, -0.1) is 0 Å². The molecule has 0 radical (unpaired) electrons. The Labute approximate surface area is 259 Å². The molecule has 0 saturated heterocycles. The number of rotatable bonds is 13. The zero-order valence-corrected chi connectivity index (χ0v) is 26.4. The number of carbonyl (C=O) groups excluding carboxylic acids is 2. The predicted molar refractivity (Wildman–Crippen MR) is 167 cm³/mol. The minimum atomic E-state index is -4.38. The number of anilines is 1. The second-order valence-corrected chi connectivity index (χ2v) is 12.7. The van der Waals surface area contributed by atoms with E-state index in [0.29, 0.717) is 12.2 Å². The maximum absolute atomic E-state index is 14.3. The van der Waals surface area contributed by atoms with Crippen molar-refractivity contribution in [3.8, 4) is 11.5 Å². The van der Waals surface area contributed by atoms with Crippen LogP contribution in [0.4, 0.5) is 10.1 Å². The van der Waals surface area contributed by atoms with Crippen molar-refractivity contribution in [1.82, 2.24) is 10.2 Å². The van der Waals surface area contributed by atoms with Crippen molar-refractivity contribution in [1.29, 1.82) is 0 Å². The fourth-order valence-corrected chi connectivity index (χ4v) is 6.93. The van der Waals surface area contributed by atoms with E-state index in [-0.39, 0.29) is 34.8 Å². The first-order valence-electron chi connectivity index (χ1n) is 14.7. The Morgan fingerprint density at radius 3 is 2.25 bits per heavy atom. The number of hydrogen-bond acceptors (Lipinski definition) is 6. The summed E-state index contributed by atoms with van der Waals surface area (Å²) in [4.78, 5) is 29.2. The summed E-state index contributed by atoms with van der Waals surface area (Å²) in [7, 11) is -1.55. The molecule has 44 heavy (non-hydrogen) atoms. The van der Waals surface area contributed by atoms with Crippen LogP contribution in [0.25, 0.3) is 0 Å². The van der Waals surface area contributed by atoms with Gasteiger partial charge < -0.3 is 19.7 Å². The molecule has 11 heteroatoms. The summed E-state index contributed by atoms with van der Waals surface area (Å²) in [6, 6.07) is 15.8. The van der Waals surface area contributed by atoms with Gasteiger partial charge in [-0.2, -0.15) is 0 Å². The minimum Gasteiger partial charge on any atom is -0.493 e. The first-order valence-corrected chi connectivity index (χ1v) is 16.2. The summed E-state index contributed by atoms with van der Waals surface area (Å²) in [5.74, 6) is -0.874. The van der Waals surface area contributed by atoms with E-state index in [1.54, 1.807) is 0 Å². The van der Waals surface area contributed by atoms with Crippen molar-refractivity contribution >= 4 is 27.5 Å². The quantitative estimate of drug-likeness (QED) is 0.280. The smallest absolute Gasteiger partial charge is 0.264 e. The van der Waals surface area contributed by atoms with Crippen molar-refractivity contribution in [2.75, 3.05) is 25.1 Å². The van der Waals surface area contributed by atoms with E-state index in [4.69, 9.17) is 9.47 Å². The maximum atomic E-state index is 14.3. The topological polar surface area (TPSA) is 105 Å². The van der Waals surface area contributed by atoms with Gasteiger partial charge in [0.05, 0.1) is 24.8 Å². The average molecular weight is 626 g/mol. The molecule has 0 unspecified atom stereocenters. The molecule has 3 aromatic rings. The van der Waals surface area contributed by atoms with Crippen LogP contribution < -0.4 is 19.1 Å². The molecule has 4 rings (SSSR count). The molecule has 0 aromatic heterocycles. The highest BCUT2D eigenvalue weighted by molar-refractivity contribution is 7.92. The van der Waals surface area contributed by atoms with Gasteiger partial charge in [-0.05, 0) is 73.7 Å². The van der Waals surface area contributed by atoms with Crippen molar-refractivity contribution in [2.45, 2.75) is 69.5 Å². The van der Waals surface area contributed by atoms with E-state index in [9.17, 15) is 22.4 Å². The summed E-state index contributed by atoms with van der Waals surface area (Å²) >= 11 is 0. The number of ether oxygens (including phenoxy) is 2. The van der Waals surface area contributed by atoms with Crippen molar-refractivity contribution in [3.05, 3.63) is 83.7 Å². The minimum absolute atomic E-state index is 0.0492. The van der Waals surface area contributed by atoms with E-state index >= 15 is 0 Å². The van der Waals surface area contributed by atoms with Crippen LogP contribution in [0.1, 0.15) is 50.2 Å². The number of aryl methyl sites for hydroxylation is 1. The van der Waals surface area contributed by atoms with Crippen LogP contribution in [-0.4, -0.2) is 58.0 Å². The van der Waals surface area contributed by atoms with Crippen LogP contribution in [0, 0.1) is 12.7 Å². The Kier molecular flexibility index (Phi) is 10.9. The van der Waals surface area contributed by atoms with E-state index < -0.39 is 34.3 Å². The summed E-state index contributed by atoms with van der Waals surface area (Å²) in [6.07, 6.45) is 4.17. The van der Waals surface area contributed by atoms with Gasteiger partial charge in [0.1, 0.15) is 18.4 Å². The number of nitrogens with zero attached hydrogens (tertiary/aromatic N) is 2. The van der Waals surface area contributed by atoms with E-state index in [2.05, 4.69) is 5.32 Å². The van der Waals surface area contributed by atoms with E-state index in [0.717, 1.165) is 53.2 Å². The molecule has 0 spiro atoms. The van der Waals surface area contributed by atoms with Gasteiger partial charge >= 0.3 is 0 Å². The maximum Gasteiger partial charge on any atom is 0.264 e. The second-order valence-electron chi connectivity index (χ2n) is 10.9. The molecule has 0 aliphatic heterocycles. The Bertz CT molecular complexity index is 1560. The number of benzene rings is 3. The van der Waals surface area contributed by atoms with E-state index in [1.165, 1.54) is 49.5 Å². The Morgan fingerprint density at radius 1 is 0.977 bits per heavy atom. The monoisotopic (exact) mass is 625 g/mol. The van der Waals surface area contributed by atoms with Gasteiger partial charge in [-0.3, -0.25) is 13.9 Å². The molecular formula is C33H40FN3O6S. The first kappa shape index (κ1) is 32.8. The normalized spacial score (nSPS) is 14.1. The Balaban J connectivity index is 1.75. The molecule has 9 nitrogen and oxygen atoms in total. The van der Waals surface area contributed by atoms with Gasteiger partial charge in [0, 0.05) is 18.7 Å². The molecule has 0 bridgehead atoms. The third-order valence-corrected chi connectivity index (χ3v) is 9.80. The highest BCUT2D eigenvalue weighted by Crippen LogP contribution is 2.32. The molecule has 1 aliphatic carbocycles. The van der Waals surface area contributed by atoms with Crippen LogP contribution in [0.2, 0.25) is 0 Å². The molecule has 1 aliphatic rings. The lowest BCUT2D eigenvalue weighted by Crippen LogP contribution is -2.53. The lowest BCUT2D eigenvalue weighted by molar-refractivity contribution is -0.140. The molecular weight excluding hydrogens is 585 g/mol. The van der Waals surface area contributed by atoms with Crippen LogP contribution in [0.5, 0.6) is 11.5 Å². The number of amides is 2. The summed E-state index contributed by atoms with van der Waals surface area (Å²) < 4.78 is 53.7. The summed E-state index contributed by atoms with van der Waals surface area (Å²) in [6.45, 7) is 3.23. The average Bonchev–Trinajstić information content (AvgIpc) is 3.53. The standard InChI is InChI=1S/C33H40FN3O6S/c1-5-29(33(39)35-26-12-8-9-13-26)36(21-24-11-7-6-10-23(24)2)32(38)22-37(27-16-14-25(34)15-17-27)44(40,41)28-18-19-30(42-3)31(20-28)43-4/h6-7,10-11,14-20,26,29H,5,8-9,12-13,21-22H2,1-4H3,(H,35,39)/t29-/m1/s1. The van der Waals surface area contributed by atoms with Crippen LogP contribution >= 0.6 is 0 Å². The molecule has 236 valence electrons. The molecule has 1 atom stereocenters. The fraction of sp³-hybridized carbons (Fsp3) is 0.394. The van der Waals surface area contributed by atoms with Crippen LogP contribution in [-0.2, 0) is 26.2 Å². The lowest BCUT2D eigenvalue weighted by Gasteiger charge is -2.34. The zero-order chi connectivity index (χ0) is 31.9. The SMILES string of the molecule is CC[C@H](C(=O)NC1CCCC1)N(Cc1ccccc1C)C(=O)CN(c1ccc(F)cc1)S(=O)(=O)c1ccc(OC)c(OC)c1. The number of methoxy groups -OCH3 is 2. The number of carbonyl (C=O) groups is 2. The molecule has 3 aromatic carbocycles. The molecule has 1 saturated carbocycles. The highest BCUT2D eigenvalue weighted by Gasteiger charge is 2.35. The zero-order valence-electron chi connectivity index (χ0n) is 25.6. The Morgan fingerprint density at radius 2 is 1.64 bits per heavy atom. The molecule has 1 fully saturated rings. The predicted octanol–water partition coefficient (Wildman–Crippen LogP) is 5.21. The van der Waals surface area contributed by atoms with Crippen LogP contribution in [0.15, 0.2) is 71.6 Å². The van der Waals surface area contributed by atoms with Crippen molar-refractivity contribution in [2.24, 2.45) is 0 Å². The lowest BCUT2D eigenvalue weighted by atomic mass is 10.1.